The second-order valence-electron chi connectivity index (χ2n) is 4.46. The van der Waals surface area contributed by atoms with E-state index in [1.165, 1.54) is 6.42 Å². The minimum Gasteiger partial charge on any atom is -0.356 e. The summed E-state index contributed by atoms with van der Waals surface area (Å²) in [6.07, 6.45) is 7.35. The molecule has 0 spiro atoms. The SMILES string of the molecule is Cl.Cl.O=C(CC1CCCN1)NCCc1cccnc1. The zero-order valence-corrected chi connectivity index (χ0v) is 12.4. The minimum absolute atomic E-state index is 0. The predicted octanol–water partition coefficient (Wildman–Crippen LogP) is 1.73. The number of aromatic nitrogens is 1. The number of carbonyl (C=O) groups is 1. The second kappa shape index (κ2) is 10.0. The Labute approximate surface area is 126 Å². The van der Waals surface area contributed by atoms with Crippen LogP contribution in [-0.4, -0.2) is 30.0 Å². The number of hydrogen-bond donors (Lipinski definition) is 2. The summed E-state index contributed by atoms with van der Waals surface area (Å²) in [5.74, 6) is 0.147. The van der Waals surface area contributed by atoms with Gasteiger partial charge in [-0.15, -0.1) is 24.8 Å². The second-order valence-corrected chi connectivity index (χ2v) is 4.46. The third-order valence-electron chi connectivity index (χ3n) is 3.05. The van der Waals surface area contributed by atoms with E-state index in [0.717, 1.165) is 24.9 Å². The van der Waals surface area contributed by atoms with E-state index in [-0.39, 0.29) is 30.7 Å². The highest BCUT2D eigenvalue weighted by Crippen LogP contribution is 2.08. The highest BCUT2D eigenvalue weighted by atomic mass is 35.5. The smallest absolute Gasteiger partial charge is 0.221 e. The third-order valence-corrected chi connectivity index (χ3v) is 3.05. The van der Waals surface area contributed by atoms with E-state index in [1.807, 2.05) is 18.3 Å². The molecule has 0 radical (unpaired) electrons. The maximum absolute atomic E-state index is 11.6. The molecule has 0 bridgehead atoms. The van der Waals surface area contributed by atoms with Crippen molar-refractivity contribution >= 4 is 30.7 Å². The van der Waals surface area contributed by atoms with Gasteiger partial charge in [0.15, 0.2) is 0 Å². The van der Waals surface area contributed by atoms with Gasteiger partial charge in [0.1, 0.15) is 0 Å². The highest BCUT2D eigenvalue weighted by molar-refractivity contribution is 5.85. The molecular weight excluding hydrogens is 285 g/mol. The zero-order valence-electron chi connectivity index (χ0n) is 10.8. The van der Waals surface area contributed by atoms with E-state index in [4.69, 9.17) is 0 Å². The fourth-order valence-corrected chi connectivity index (χ4v) is 2.12. The predicted molar refractivity (Wildman–Crippen MR) is 81.1 cm³/mol. The van der Waals surface area contributed by atoms with Gasteiger partial charge in [-0.1, -0.05) is 6.07 Å². The van der Waals surface area contributed by atoms with Crippen molar-refractivity contribution in [3.63, 3.8) is 0 Å². The Kier molecular flexibility index (Phi) is 9.57. The molecule has 1 atom stereocenters. The Morgan fingerprint density at radius 1 is 1.47 bits per heavy atom. The number of nitrogens with one attached hydrogen (secondary N) is 2. The van der Waals surface area contributed by atoms with Gasteiger partial charge in [-0.05, 0) is 37.4 Å². The Hall–Kier alpha value is -0.840. The molecule has 4 nitrogen and oxygen atoms in total. The topological polar surface area (TPSA) is 54.0 Å². The average Bonchev–Trinajstić information content (AvgIpc) is 2.83. The van der Waals surface area contributed by atoms with Crippen molar-refractivity contribution in [1.29, 1.82) is 0 Å². The molecule has 108 valence electrons. The van der Waals surface area contributed by atoms with Crippen molar-refractivity contribution in [1.82, 2.24) is 15.6 Å². The van der Waals surface area contributed by atoms with Crippen LogP contribution in [0.5, 0.6) is 0 Å². The molecule has 2 N–H and O–H groups in total. The van der Waals surface area contributed by atoms with Crippen molar-refractivity contribution in [3.05, 3.63) is 30.1 Å². The molecule has 1 aliphatic heterocycles. The monoisotopic (exact) mass is 305 g/mol. The molecule has 1 amide bonds. The number of halogens is 2. The van der Waals surface area contributed by atoms with E-state index < -0.39 is 0 Å². The molecular formula is C13H21Cl2N3O. The van der Waals surface area contributed by atoms with Crippen LogP contribution < -0.4 is 10.6 Å². The number of nitrogens with zero attached hydrogens (tertiary/aromatic N) is 1. The number of carbonyl (C=O) groups excluding carboxylic acids is 1. The zero-order chi connectivity index (χ0) is 11.9. The number of hydrogen-bond acceptors (Lipinski definition) is 3. The molecule has 0 aromatic carbocycles. The lowest BCUT2D eigenvalue weighted by Gasteiger charge is -2.10. The first-order valence-electron chi connectivity index (χ1n) is 6.23. The molecule has 2 rings (SSSR count). The van der Waals surface area contributed by atoms with Gasteiger partial charge in [0.25, 0.3) is 0 Å². The van der Waals surface area contributed by atoms with E-state index >= 15 is 0 Å². The van der Waals surface area contributed by atoms with Crippen LogP contribution in [0.25, 0.3) is 0 Å². The summed E-state index contributed by atoms with van der Waals surface area (Å²) >= 11 is 0. The highest BCUT2D eigenvalue weighted by Gasteiger charge is 2.16. The summed E-state index contributed by atoms with van der Waals surface area (Å²) in [4.78, 5) is 15.7. The molecule has 1 aliphatic rings. The summed E-state index contributed by atoms with van der Waals surface area (Å²) < 4.78 is 0. The minimum atomic E-state index is 0. The first kappa shape index (κ1) is 18.2. The summed E-state index contributed by atoms with van der Waals surface area (Å²) in [6.45, 7) is 1.74. The maximum atomic E-state index is 11.6. The van der Waals surface area contributed by atoms with Crippen molar-refractivity contribution in [2.45, 2.75) is 31.7 Å². The number of rotatable bonds is 5. The normalized spacial score (nSPS) is 17.2. The van der Waals surface area contributed by atoms with E-state index in [1.54, 1.807) is 6.20 Å². The standard InChI is InChI=1S/C13H19N3O.2ClH/c17-13(9-12-4-2-7-15-12)16-8-5-11-3-1-6-14-10-11;;/h1,3,6,10,12,15H,2,4-5,7-9H2,(H,16,17);2*1H. The Bertz CT molecular complexity index is 356. The first-order chi connectivity index (χ1) is 8.34. The molecule has 2 heterocycles. The maximum Gasteiger partial charge on any atom is 0.221 e. The van der Waals surface area contributed by atoms with Gasteiger partial charge in [0.05, 0.1) is 0 Å². The summed E-state index contributed by atoms with van der Waals surface area (Å²) in [7, 11) is 0. The van der Waals surface area contributed by atoms with Gasteiger partial charge < -0.3 is 10.6 Å². The van der Waals surface area contributed by atoms with Crippen molar-refractivity contribution < 1.29 is 4.79 Å². The Morgan fingerprint density at radius 3 is 2.95 bits per heavy atom. The largest absolute Gasteiger partial charge is 0.356 e. The summed E-state index contributed by atoms with van der Waals surface area (Å²) in [6, 6.07) is 4.32. The number of amides is 1. The molecule has 19 heavy (non-hydrogen) atoms. The quantitative estimate of drug-likeness (QED) is 0.871. The fourth-order valence-electron chi connectivity index (χ4n) is 2.12. The van der Waals surface area contributed by atoms with Crippen LogP contribution in [0.4, 0.5) is 0 Å². The van der Waals surface area contributed by atoms with Gasteiger partial charge in [0.2, 0.25) is 5.91 Å². The molecule has 1 saturated heterocycles. The van der Waals surface area contributed by atoms with E-state index in [9.17, 15) is 4.79 Å². The fraction of sp³-hybridized carbons (Fsp3) is 0.538. The molecule has 1 fully saturated rings. The lowest BCUT2D eigenvalue weighted by atomic mass is 10.1. The Morgan fingerprint density at radius 2 is 2.32 bits per heavy atom. The van der Waals surface area contributed by atoms with Gasteiger partial charge in [-0.3, -0.25) is 9.78 Å². The molecule has 0 aliphatic carbocycles. The molecule has 1 unspecified atom stereocenters. The number of pyridine rings is 1. The van der Waals surface area contributed by atoms with Crippen LogP contribution in [0.2, 0.25) is 0 Å². The third kappa shape index (κ3) is 6.76. The van der Waals surface area contributed by atoms with Crippen molar-refractivity contribution in [2.24, 2.45) is 0 Å². The molecule has 6 heteroatoms. The van der Waals surface area contributed by atoms with Crippen molar-refractivity contribution in [3.8, 4) is 0 Å². The molecule has 1 aromatic rings. The van der Waals surface area contributed by atoms with E-state index in [2.05, 4.69) is 15.6 Å². The lowest BCUT2D eigenvalue weighted by Crippen LogP contribution is -2.32. The molecule has 0 saturated carbocycles. The van der Waals surface area contributed by atoms with Crippen LogP contribution in [0.1, 0.15) is 24.8 Å². The van der Waals surface area contributed by atoms with Gasteiger partial charge in [0, 0.05) is 31.4 Å². The van der Waals surface area contributed by atoms with Crippen LogP contribution in [0, 0.1) is 0 Å². The van der Waals surface area contributed by atoms with Crippen LogP contribution in [-0.2, 0) is 11.2 Å². The van der Waals surface area contributed by atoms with Crippen LogP contribution >= 0.6 is 24.8 Å². The summed E-state index contributed by atoms with van der Waals surface area (Å²) in [5.41, 5.74) is 1.16. The lowest BCUT2D eigenvalue weighted by molar-refractivity contribution is -0.121. The van der Waals surface area contributed by atoms with Crippen LogP contribution in [0.3, 0.4) is 0 Å². The van der Waals surface area contributed by atoms with Crippen molar-refractivity contribution in [2.75, 3.05) is 13.1 Å². The first-order valence-corrected chi connectivity index (χ1v) is 6.23. The van der Waals surface area contributed by atoms with Gasteiger partial charge >= 0.3 is 0 Å². The average molecular weight is 306 g/mol. The summed E-state index contributed by atoms with van der Waals surface area (Å²) in [5, 5.41) is 6.28. The van der Waals surface area contributed by atoms with E-state index in [0.29, 0.717) is 19.0 Å². The van der Waals surface area contributed by atoms with Crippen LogP contribution in [0.15, 0.2) is 24.5 Å². The van der Waals surface area contributed by atoms with Gasteiger partial charge in [-0.2, -0.15) is 0 Å². The molecule has 1 aromatic heterocycles. The van der Waals surface area contributed by atoms with Gasteiger partial charge in [-0.25, -0.2) is 0 Å². The Balaban J connectivity index is 0.00000162.